The Balaban J connectivity index is 0.000000331. The van der Waals surface area contributed by atoms with Gasteiger partial charge in [-0.15, -0.1) is 0 Å². The number of carbonyl (C=O) groups excluding carboxylic acids is 2. The molecule has 1 aromatic heterocycles. The fourth-order valence-corrected chi connectivity index (χ4v) is 3.73. The Morgan fingerprint density at radius 2 is 1.61 bits per heavy atom. The number of nitrogens with one attached hydrogen (secondary N) is 1. The van der Waals surface area contributed by atoms with E-state index in [1.54, 1.807) is 18.2 Å². The average molecular weight is 455 g/mol. The van der Waals surface area contributed by atoms with Gasteiger partial charge in [-0.3, -0.25) is 0 Å². The molecule has 0 aliphatic carbocycles. The molecule has 2 heterocycles. The topological polar surface area (TPSA) is 110 Å². The predicted molar refractivity (Wildman–Crippen MR) is 114 cm³/mol. The van der Waals surface area contributed by atoms with Crippen LogP contribution in [0, 0.1) is 17.6 Å². The molecule has 4 rings (SSSR count). The van der Waals surface area contributed by atoms with Crippen molar-refractivity contribution in [1.82, 2.24) is 14.9 Å². The van der Waals surface area contributed by atoms with Gasteiger partial charge in [0.1, 0.15) is 17.5 Å². The lowest BCUT2D eigenvalue weighted by atomic mass is 9.94. The van der Waals surface area contributed by atoms with Crippen molar-refractivity contribution in [2.75, 3.05) is 13.1 Å². The summed E-state index contributed by atoms with van der Waals surface area (Å²) in [6.07, 6.45) is 3.92. The minimum absolute atomic E-state index is 0.250. The summed E-state index contributed by atoms with van der Waals surface area (Å²) in [6.45, 7) is 2.65. The molecule has 1 fully saturated rings. The number of aliphatic carboxylic acids is 2. The number of benzene rings is 2. The molecular weight excluding hydrogens is 432 g/mol. The maximum absolute atomic E-state index is 13.8. The monoisotopic (exact) mass is 455 g/mol. The largest absolute Gasteiger partial charge is 0.545 e. The summed E-state index contributed by atoms with van der Waals surface area (Å²) in [5, 5.41) is 22.2. The van der Waals surface area contributed by atoms with E-state index in [9.17, 15) is 28.6 Å². The van der Waals surface area contributed by atoms with Gasteiger partial charge < -0.3 is 29.7 Å². The molecule has 0 bridgehead atoms. The van der Waals surface area contributed by atoms with E-state index in [1.165, 1.54) is 24.3 Å². The second-order valence-corrected chi connectivity index (χ2v) is 7.74. The molecule has 1 aliphatic rings. The number of imidazole rings is 1. The number of piperidine rings is 1. The maximum Gasteiger partial charge on any atom is 0.125 e. The number of hydrogen-bond donors (Lipinski definition) is 1. The summed E-state index contributed by atoms with van der Waals surface area (Å²) in [6, 6.07) is 11.2. The zero-order valence-corrected chi connectivity index (χ0v) is 17.8. The third kappa shape index (κ3) is 7.21. The van der Waals surface area contributed by atoms with Gasteiger partial charge in [-0.25, -0.2) is 13.8 Å². The first-order valence-corrected chi connectivity index (χ1v) is 10.5. The van der Waals surface area contributed by atoms with Crippen LogP contribution in [-0.2, 0) is 22.6 Å². The highest BCUT2D eigenvalue weighted by molar-refractivity contribution is 5.87. The average Bonchev–Trinajstić information content (AvgIpc) is 3.11. The normalized spacial score (nSPS) is 14.2. The molecule has 0 radical (unpaired) electrons. The number of hydrogen-bond acceptors (Lipinski definition) is 6. The van der Waals surface area contributed by atoms with Crippen LogP contribution in [0.5, 0.6) is 0 Å². The van der Waals surface area contributed by atoms with Crippen molar-refractivity contribution in [3.8, 4) is 0 Å². The molecule has 0 unspecified atom stereocenters. The van der Waals surface area contributed by atoms with Crippen LogP contribution in [0.3, 0.4) is 0 Å². The molecule has 33 heavy (non-hydrogen) atoms. The summed E-state index contributed by atoms with van der Waals surface area (Å²) in [7, 11) is 0. The van der Waals surface area contributed by atoms with Crippen LogP contribution in [-0.4, -0.2) is 34.6 Å². The molecule has 0 spiro atoms. The van der Waals surface area contributed by atoms with Crippen LogP contribution in [0.1, 0.15) is 24.2 Å². The third-order valence-corrected chi connectivity index (χ3v) is 5.33. The van der Waals surface area contributed by atoms with E-state index in [0.717, 1.165) is 54.8 Å². The summed E-state index contributed by atoms with van der Waals surface area (Å²) >= 11 is 0. The first-order valence-electron chi connectivity index (χ1n) is 10.5. The number of nitrogens with zero attached hydrogens (tertiary/aromatic N) is 2. The van der Waals surface area contributed by atoms with Crippen LogP contribution in [0.4, 0.5) is 8.78 Å². The lowest BCUT2D eigenvalue weighted by Gasteiger charge is -2.22. The Bertz CT molecular complexity index is 1120. The highest BCUT2D eigenvalue weighted by Crippen LogP contribution is 2.24. The van der Waals surface area contributed by atoms with Crippen molar-refractivity contribution in [1.29, 1.82) is 0 Å². The number of carboxylic acid groups (broad SMARTS) is 2. The molecule has 0 atom stereocenters. The number of fused-ring (bicyclic) bond motifs is 1. The van der Waals surface area contributed by atoms with Crippen molar-refractivity contribution in [2.45, 2.75) is 25.8 Å². The van der Waals surface area contributed by atoms with Crippen LogP contribution in [0.25, 0.3) is 11.0 Å². The lowest BCUT2D eigenvalue weighted by molar-refractivity contribution is -0.301. The first kappa shape index (κ1) is 24.1. The van der Waals surface area contributed by atoms with E-state index in [4.69, 9.17) is 4.98 Å². The Kier molecular flexibility index (Phi) is 8.26. The maximum atomic E-state index is 13.8. The van der Waals surface area contributed by atoms with Crippen molar-refractivity contribution < 1.29 is 28.6 Å². The van der Waals surface area contributed by atoms with Gasteiger partial charge >= 0.3 is 0 Å². The second-order valence-electron chi connectivity index (χ2n) is 7.74. The molecule has 3 aromatic rings. The Hall–Kier alpha value is -3.59. The van der Waals surface area contributed by atoms with E-state index >= 15 is 0 Å². The molecule has 7 nitrogen and oxygen atoms in total. The number of rotatable bonds is 6. The molecule has 1 N–H and O–H groups in total. The van der Waals surface area contributed by atoms with Crippen molar-refractivity contribution in [2.24, 2.45) is 5.92 Å². The zero-order valence-electron chi connectivity index (χ0n) is 17.8. The van der Waals surface area contributed by atoms with E-state index < -0.39 is 11.9 Å². The number of halogens is 2. The SMILES string of the molecule is Fc1ccc(Cn2c(CC3CCNCC3)nc3ccc(F)cc32)cc1.O=C([O-])/C=C/C(=O)[O-]. The molecule has 174 valence electrons. The standard InChI is InChI=1S/C20H21F2N3.C4H4O4/c21-16-3-1-15(2-4-16)13-25-19-12-17(22)5-6-18(19)24-20(25)11-14-7-9-23-10-8-14;5-3(6)1-2-4(7)8/h1-6,12,14,23H,7-11,13H2;1-2H,(H,5,6)(H,7,8)/p-2/b;2-1+. The molecule has 9 heteroatoms. The Morgan fingerprint density at radius 3 is 2.21 bits per heavy atom. The second kappa shape index (κ2) is 11.3. The van der Waals surface area contributed by atoms with E-state index in [2.05, 4.69) is 9.88 Å². The number of carboxylic acids is 2. The fraction of sp³-hybridized carbons (Fsp3) is 0.292. The minimum Gasteiger partial charge on any atom is -0.545 e. The van der Waals surface area contributed by atoms with Gasteiger partial charge in [-0.1, -0.05) is 12.1 Å². The zero-order chi connectivity index (χ0) is 23.8. The minimum atomic E-state index is -1.55. The van der Waals surface area contributed by atoms with Crippen molar-refractivity contribution in [3.05, 3.63) is 77.6 Å². The molecular formula is C24H23F2N3O4-2. The van der Waals surface area contributed by atoms with Crippen molar-refractivity contribution >= 4 is 23.0 Å². The smallest absolute Gasteiger partial charge is 0.125 e. The Morgan fingerprint density at radius 1 is 1.00 bits per heavy atom. The highest BCUT2D eigenvalue weighted by atomic mass is 19.1. The number of aromatic nitrogens is 2. The summed E-state index contributed by atoms with van der Waals surface area (Å²) in [5.41, 5.74) is 2.59. The summed E-state index contributed by atoms with van der Waals surface area (Å²) < 4.78 is 29.0. The molecule has 0 amide bonds. The number of carbonyl (C=O) groups is 2. The summed E-state index contributed by atoms with van der Waals surface area (Å²) in [5.74, 6) is -2.03. The Labute approximate surface area is 189 Å². The predicted octanol–water partition coefficient (Wildman–Crippen LogP) is 0.947. The van der Waals surface area contributed by atoms with E-state index in [0.29, 0.717) is 24.6 Å². The van der Waals surface area contributed by atoms with Crippen LogP contribution in [0.2, 0.25) is 0 Å². The van der Waals surface area contributed by atoms with Crippen LogP contribution in [0.15, 0.2) is 54.6 Å². The van der Waals surface area contributed by atoms with Gasteiger partial charge in [0, 0.05) is 13.0 Å². The lowest BCUT2D eigenvalue weighted by Crippen LogP contribution is -2.29. The van der Waals surface area contributed by atoms with Gasteiger partial charge in [-0.2, -0.15) is 0 Å². The van der Waals surface area contributed by atoms with Gasteiger partial charge in [0.05, 0.1) is 23.0 Å². The quantitative estimate of drug-likeness (QED) is 0.554. The van der Waals surface area contributed by atoms with Crippen LogP contribution >= 0.6 is 0 Å². The van der Waals surface area contributed by atoms with Gasteiger partial charge in [0.2, 0.25) is 0 Å². The fourth-order valence-electron chi connectivity index (χ4n) is 3.73. The highest BCUT2D eigenvalue weighted by Gasteiger charge is 2.19. The molecule has 1 aliphatic heterocycles. The van der Waals surface area contributed by atoms with Gasteiger partial charge in [0.25, 0.3) is 0 Å². The van der Waals surface area contributed by atoms with Crippen LogP contribution < -0.4 is 15.5 Å². The van der Waals surface area contributed by atoms with Crippen molar-refractivity contribution in [3.63, 3.8) is 0 Å². The molecule has 1 saturated heterocycles. The third-order valence-electron chi connectivity index (χ3n) is 5.33. The molecule has 2 aromatic carbocycles. The van der Waals surface area contributed by atoms with Gasteiger partial charge in [0.15, 0.2) is 0 Å². The van der Waals surface area contributed by atoms with E-state index in [1.807, 2.05) is 0 Å². The van der Waals surface area contributed by atoms with Gasteiger partial charge in [-0.05, 0) is 79.9 Å². The van der Waals surface area contributed by atoms with E-state index in [-0.39, 0.29) is 11.6 Å². The first-order chi connectivity index (χ1) is 15.8. The molecule has 0 saturated carbocycles. The summed E-state index contributed by atoms with van der Waals surface area (Å²) in [4.78, 5) is 23.6.